The van der Waals surface area contributed by atoms with Gasteiger partial charge < -0.3 is 4.57 Å². The van der Waals surface area contributed by atoms with E-state index in [2.05, 4.69) is 25.0 Å². The first kappa shape index (κ1) is 15.0. The monoisotopic (exact) mass is 325 g/mol. The van der Waals surface area contributed by atoms with Gasteiger partial charge in [-0.3, -0.25) is 4.79 Å². The molecule has 23 heavy (non-hydrogen) atoms. The molecule has 114 valence electrons. The lowest BCUT2D eigenvalue weighted by Crippen LogP contribution is -2.06. The number of carbonyl (C=O) groups is 1. The average molecular weight is 325 g/mol. The minimum atomic E-state index is -0.594. The molecule has 0 fully saturated rings. The zero-order chi connectivity index (χ0) is 16.1. The average Bonchev–Trinajstić information content (AvgIpc) is 2.98. The van der Waals surface area contributed by atoms with Gasteiger partial charge in [-0.15, -0.1) is 0 Å². The van der Waals surface area contributed by atoms with Gasteiger partial charge in [0, 0.05) is 10.7 Å². The number of benzene rings is 1. The number of nitrogens with zero attached hydrogens (tertiary/aromatic N) is 7. The van der Waals surface area contributed by atoms with E-state index in [1.165, 1.54) is 18.2 Å². The summed E-state index contributed by atoms with van der Waals surface area (Å²) in [6.07, 6.45) is 2.93. The zero-order valence-corrected chi connectivity index (χ0v) is 12.7. The Kier molecular flexibility index (Phi) is 4.51. The van der Waals surface area contributed by atoms with Crippen LogP contribution in [0.25, 0.3) is 21.6 Å². The second-order valence-electron chi connectivity index (χ2n) is 4.58. The van der Waals surface area contributed by atoms with Crippen molar-refractivity contribution in [2.45, 2.75) is 17.3 Å². The first-order valence-electron chi connectivity index (χ1n) is 6.68. The van der Waals surface area contributed by atoms with E-state index >= 15 is 0 Å². The molecule has 0 N–H and O–H groups in total. The lowest BCUT2D eigenvalue weighted by molar-refractivity contribution is -0.118. The molecule has 0 atom stereocenters. The maximum absolute atomic E-state index is 11.4. The van der Waals surface area contributed by atoms with Gasteiger partial charge in [-0.25, -0.2) is 15.0 Å². The molecule has 0 aliphatic rings. The van der Waals surface area contributed by atoms with Crippen LogP contribution >= 0.6 is 11.8 Å². The van der Waals surface area contributed by atoms with Crippen LogP contribution in [0.15, 0.2) is 53.1 Å². The van der Waals surface area contributed by atoms with Gasteiger partial charge >= 0.3 is 0 Å². The molecule has 0 spiro atoms. The molecule has 0 bridgehead atoms. The molecule has 0 aliphatic heterocycles. The fraction of sp³-hybridized carbons (Fsp3) is 0.143. The summed E-state index contributed by atoms with van der Waals surface area (Å²) in [4.78, 5) is 26.6. The number of aromatic nitrogens is 4. The van der Waals surface area contributed by atoms with Crippen LogP contribution in [0.4, 0.5) is 0 Å². The molecule has 0 saturated heterocycles. The van der Waals surface area contributed by atoms with Crippen LogP contribution in [0.3, 0.4) is 0 Å². The van der Waals surface area contributed by atoms with E-state index in [0.29, 0.717) is 11.2 Å². The van der Waals surface area contributed by atoms with E-state index in [1.807, 2.05) is 30.3 Å². The third-order valence-corrected chi connectivity index (χ3v) is 4.10. The number of fused-ring (bicyclic) bond motifs is 1. The van der Waals surface area contributed by atoms with Gasteiger partial charge in [-0.05, 0) is 16.2 Å². The third kappa shape index (κ3) is 3.47. The number of imidazole rings is 1. The SMILES string of the molecule is [N-]=[N+]=NC(=O)Cn1cnc2c(SCc3ccccc3)ncnc21. The second kappa shape index (κ2) is 6.91. The Hall–Kier alpha value is -2.90. The molecule has 9 heteroatoms. The van der Waals surface area contributed by atoms with Crippen LogP contribution in [-0.2, 0) is 17.1 Å². The fourth-order valence-electron chi connectivity index (χ4n) is 2.03. The molecular formula is C14H11N7OS. The fourth-order valence-corrected chi connectivity index (χ4v) is 2.93. The van der Waals surface area contributed by atoms with Crippen LogP contribution in [0.1, 0.15) is 5.56 Å². The molecule has 2 heterocycles. The van der Waals surface area contributed by atoms with Crippen molar-refractivity contribution in [3.05, 3.63) is 59.0 Å². The lowest BCUT2D eigenvalue weighted by Gasteiger charge is -2.03. The number of rotatable bonds is 5. The van der Waals surface area contributed by atoms with Crippen molar-refractivity contribution >= 4 is 28.8 Å². The van der Waals surface area contributed by atoms with E-state index in [4.69, 9.17) is 5.53 Å². The Morgan fingerprint density at radius 3 is 2.87 bits per heavy atom. The van der Waals surface area contributed by atoms with E-state index in [-0.39, 0.29) is 6.54 Å². The molecule has 3 aromatic rings. The highest BCUT2D eigenvalue weighted by Gasteiger charge is 2.12. The first-order valence-corrected chi connectivity index (χ1v) is 7.67. The molecule has 0 unspecified atom stereocenters. The van der Waals surface area contributed by atoms with Gasteiger partial charge in [0.2, 0.25) is 5.91 Å². The minimum Gasteiger partial charge on any atom is -0.307 e. The summed E-state index contributed by atoms with van der Waals surface area (Å²) in [6.45, 7) is -0.0969. The molecular weight excluding hydrogens is 314 g/mol. The number of azide groups is 1. The molecule has 3 rings (SSSR count). The summed E-state index contributed by atoms with van der Waals surface area (Å²) in [5, 5.41) is 3.79. The Balaban J connectivity index is 1.83. The third-order valence-electron chi connectivity index (χ3n) is 3.05. The van der Waals surface area contributed by atoms with Crippen molar-refractivity contribution in [1.29, 1.82) is 0 Å². The van der Waals surface area contributed by atoms with Crippen molar-refractivity contribution in [1.82, 2.24) is 19.5 Å². The zero-order valence-electron chi connectivity index (χ0n) is 11.9. The summed E-state index contributed by atoms with van der Waals surface area (Å²) in [5.74, 6) is 0.168. The van der Waals surface area contributed by atoms with Crippen molar-refractivity contribution < 1.29 is 4.79 Å². The lowest BCUT2D eigenvalue weighted by atomic mass is 10.2. The van der Waals surface area contributed by atoms with E-state index in [1.54, 1.807) is 16.3 Å². The summed E-state index contributed by atoms with van der Waals surface area (Å²) in [5.41, 5.74) is 10.6. The summed E-state index contributed by atoms with van der Waals surface area (Å²) in [7, 11) is 0. The van der Waals surface area contributed by atoms with Crippen LogP contribution in [0.2, 0.25) is 0 Å². The first-order chi connectivity index (χ1) is 11.3. The molecule has 8 nitrogen and oxygen atoms in total. The van der Waals surface area contributed by atoms with Gasteiger partial charge in [0.25, 0.3) is 0 Å². The Morgan fingerprint density at radius 2 is 2.09 bits per heavy atom. The van der Waals surface area contributed by atoms with E-state index in [0.717, 1.165) is 10.8 Å². The quantitative estimate of drug-likeness (QED) is 0.235. The van der Waals surface area contributed by atoms with Gasteiger partial charge in [-0.2, -0.15) is 0 Å². The highest BCUT2D eigenvalue weighted by atomic mass is 32.2. The molecule has 2 aromatic heterocycles. The van der Waals surface area contributed by atoms with Gasteiger partial charge in [0.05, 0.1) is 12.9 Å². The number of hydrogen-bond acceptors (Lipinski definition) is 5. The highest BCUT2D eigenvalue weighted by Crippen LogP contribution is 2.26. The summed E-state index contributed by atoms with van der Waals surface area (Å²) in [6, 6.07) is 10.0. The topological polar surface area (TPSA) is 109 Å². The van der Waals surface area contributed by atoms with Gasteiger partial charge in [0.1, 0.15) is 16.9 Å². The van der Waals surface area contributed by atoms with Crippen molar-refractivity contribution in [3.8, 4) is 0 Å². The van der Waals surface area contributed by atoms with E-state index in [9.17, 15) is 4.79 Å². The highest BCUT2D eigenvalue weighted by molar-refractivity contribution is 7.98. The number of hydrogen-bond donors (Lipinski definition) is 0. The predicted octanol–water partition coefficient (Wildman–Crippen LogP) is 2.96. The van der Waals surface area contributed by atoms with Crippen LogP contribution in [0.5, 0.6) is 0 Å². The molecule has 0 radical (unpaired) electrons. The number of thioether (sulfide) groups is 1. The Bertz CT molecular complexity index is 887. The molecule has 0 aliphatic carbocycles. The van der Waals surface area contributed by atoms with Gasteiger partial charge in [-0.1, -0.05) is 42.1 Å². The largest absolute Gasteiger partial charge is 0.307 e. The number of amides is 1. The smallest absolute Gasteiger partial charge is 0.238 e. The van der Waals surface area contributed by atoms with Crippen molar-refractivity contribution in [2.24, 2.45) is 5.11 Å². The minimum absolute atomic E-state index is 0.0969. The Labute approximate surface area is 135 Å². The van der Waals surface area contributed by atoms with Crippen molar-refractivity contribution in [2.75, 3.05) is 0 Å². The second-order valence-corrected chi connectivity index (χ2v) is 5.55. The van der Waals surface area contributed by atoms with Crippen LogP contribution < -0.4 is 0 Å². The van der Waals surface area contributed by atoms with E-state index < -0.39 is 5.91 Å². The molecule has 1 aromatic carbocycles. The van der Waals surface area contributed by atoms with Crippen LogP contribution in [0, 0.1) is 0 Å². The van der Waals surface area contributed by atoms with Gasteiger partial charge in [0.15, 0.2) is 5.65 Å². The maximum atomic E-state index is 11.4. The molecule has 0 saturated carbocycles. The predicted molar refractivity (Wildman–Crippen MR) is 85.5 cm³/mol. The summed E-state index contributed by atoms with van der Waals surface area (Å²) < 4.78 is 1.54. The number of carbonyl (C=O) groups excluding carboxylic acids is 1. The normalized spacial score (nSPS) is 10.4. The van der Waals surface area contributed by atoms with Crippen LogP contribution in [-0.4, -0.2) is 25.4 Å². The standard InChI is InChI=1S/C14H11N7OS/c15-20-19-11(22)6-21-9-18-12-13(21)16-8-17-14(12)23-7-10-4-2-1-3-5-10/h1-5,8-9H,6-7H2. The molecule has 1 amide bonds. The maximum Gasteiger partial charge on any atom is 0.238 e. The Morgan fingerprint density at radius 1 is 1.26 bits per heavy atom. The summed E-state index contributed by atoms with van der Waals surface area (Å²) >= 11 is 1.55. The van der Waals surface area contributed by atoms with Crippen molar-refractivity contribution in [3.63, 3.8) is 0 Å².